The lowest BCUT2D eigenvalue weighted by molar-refractivity contribution is -0.386. The van der Waals surface area contributed by atoms with E-state index in [2.05, 4.69) is 0 Å². The normalized spacial score (nSPS) is 18.6. The van der Waals surface area contributed by atoms with Crippen LogP contribution in [0, 0.1) is 21.7 Å². The number of aliphatic carboxylic acids is 1. The second kappa shape index (κ2) is 6.00. The second-order valence-corrected chi connectivity index (χ2v) is 4.55. The molecule has 0 bridgehead atoms. The lowest BCUT2D eigenvalue weighted by atomic mass is 10.1. The molecular weight excluding hydrogens is 290 g/mol. The maximum atomic E-state index is 13.6. The number of nitro groups is 1. The van der Waals surface area contributed by atoms with Crippen molar-refractivity contribution in [1.82, 2.24) is 0 Å². The highest BCUT2D eigenvalue weighted by atomic mass is 19.1. The van der Waals surface area contributed by atoms with E-state index in [4.69, 9.17) is 9.84 Å². The smallest absolute Gasteiger partial charge is 0.328 e. The van der Waals surface area contributed by atoms with Crippen LogP contribution in [0.4, 0.5) is 20.2 Å². The van der Waals surface area contributed by atoms with Crippen LogP contribution in [0.3, 0.4) is 0 Å². The highest BCUT2D eigenvalue weighted by Crippen LogP contribution is 2.33. The topological polar surface area (TPSA) is 92.9 Å². The molecule has 0 spiro atoms. The number of carboxylic acid groups (broad SMARTS) is 1. The summed E-state index contributed by atoms with van der Waals surface area (Å²) in [5, 5.41) is 19.7. The summed E-state index contributed by atoms with van der Waals surface area (Å²) in [4.78, 5) is 22.1. The Kier molecular flexibility index (Phi) is 4.32. The minimum Gasteiger partial charge on any atom is -0.481 e. The quantitative estimate of drug-likeness (QED) is 0.670. The Balaban J connectivity index is 2.32. The van der Waals surface area contributed by atoms with Gasteiger partial charge in [0.2, 0.25) is 5.82 Å². The van der Waals surface area contributed by atoms with E-state index in [1.54, 1.807) is 0 Å². The van der Waals surface area contributed by atoms with Crippen molar-refractivity contribution in [3.05, 3.63) is 33.9 Å². The first-order valence-corrected chi connectivity index (χ1v) is 6.10. The summed E-state index contributed by atoms with van der Waals surface area (Å²) in [5.74, 6) is -3.28. The van der Waals surface area contributed by atoms with Crippen LogP contribution in [0.5, 0.6) is 0 Å². The van der Waals surface area contributed by atoms with Crippen molar-refractivity contribution < 1.29 is 28.3 Å². The number of hydrogen-bond acceptors (Lipinski definition) is 5. The number of carboxylic acids is 1. The van der Waals surface area contributed by atoms with E-state index in [9.17, 15) is 23.7 Å². The molecule has 7 nitrogen and oxygen atoms in total. The van der Waals surface area contributed by atoms with Crippen LogP contribution >= 0.6 is 0 Å². The van der Waals surface area contributed by atoms with E-state index in [1.807, 2.05) is 0 Å². The zero-order valence-electron chi connectivity index (χ0n) is 10.8. The predicted octanol–water partition coefficient (Wildman–Crippen LogP) is 1.55. The number of anilines is 1. The number of rotatable bonds is 4. The van der Waals surface area contributed by atoms with Gasteiger partial charge in [0.25, 0.3) is 0 Å². The van der Waals surface area contributed by atoms with Gasteiger partial charge in [-0.25, -0.2) is 4.39 Å². The summed E-state index contributed by atoms with van der Waals surface area (Å²) in [6, 6.07) is 1.31. The van der Waals surface area contributed by atoms with Crippen molar-refractivity contribution in [2.45, 2.75) is 12.5 Å². The molecule has 1 fully saturated rings. The number of nitro benzene ring substituents is 1. The van der Waals surface area contributed by atoms with Gasteiger partial charge in [-0.3, -0.25) is 14.9 Å². The molecule has 0 amide bonds. The number of halogens is 2. The molecule has 1 N–H and O–H groups in total. The van der Waals surface area contributed by atoms with Gasteiger partial charge in [-0.2, -0.15) is 4.39 Å². The maximum absolute atomic E-state index is 13.6. The van der Waals surface area contributed by atoms with E-state index in [0.717, 1.165) is 6.07 Å². The van der Waals surface area contributed by atoms with Crippen LogP contribution in [0.25, 0.3) is 0 Å². The third kappa shape index (κ3) is 3.43. The van der Waals surface area contributed by atoms with Crippen LogP contribution in [-0.4, -0.2) is 41.8 Å². The number of morpholine rings is 1. The Bertz CT molecular complexity index is 581. The first kappa shape index (κ1) is 15.1. The van der Waals surface area contributed by atoms with Gasteiger partial charge in [-0.15, -0.1) is 0 Å². The van der Waals surface area contributed by atoms with E-state index in [0.29, 0.717) is 6.07 Å². The molecule has 0 aliphatic carbocycles. The van der Waals surface area contributed by atoms with Crippen molar-refractivity contribution in [2.24, 2.45) is 0 Å². The Morgan fingerprint density at radius 2 is 2.24 bits per heavy atom. The summed E-state index contributed by atoms with van der Waals surface area (Å²) in [6.45, 7) is 0.309. The first-order chi connectivity index (χ1) is 9.88. The molecule has 0 aromatic heterocycles. The van der Waals surface area contributed by atoms with Crippen LogP contribution in [0.15, 0.2) is 12.1 Å². The SMILES string of the molecule is O=C(O)CC1CN(c2cc(F)cc(F)c2[N+](=O)[O-])CCO1. The molecule has 1 aliphatic heterocycles. The van der Waals surface area contributed by atoms with Crippen molar-refractivity contribution in [3.8, 4) is 0 Å². The minimum absolute atomic E-state index is 0.00995. The number of ether oxygens (including phenoxy) is 1. The average Bonchev–Trinajstić information content (AvgIpc) is 2.36. The molecule has 1 aliphatic rings. The van der Waals surface area contributed by atoms with Gasteiger partial charge >= 0.3 is 11.7 Å². The number of carbonyl (C=O) groups is 1. The summed E-state index contributed by atoms with van der Waals surface area (Å²) in [7, 11) is 0. The van der Waals surface area contributed by atoms with Gasteiger partial charge in [-0.1, -0.05) is 0 Å². The second-order valence-electron chi connectivity index (χ2n) is 4.55. The Hall–Kier alpha value is -2.29. The van der Waals surface area contributed by atoms with Crippen molar-refractivity contribution in [2.75, 3.05) is 24.6 Å². The molecule has 9 heteroatoms. The summed E-state index contributed by atoms with van der Waals surface area (Å²) < 4.78 is 32.1. The molecule has 1 saturated heterocycles. The maximum Gasteiger partial charge on any atom is 0.328 e. The summed E-state index contributed by atoms with van der Waals surface area (Å²) in [5.41, 5.74) is -1.04. The van der Waals surface area contributed by atoms with Gasteiger partial charge in [0.15, 0.2) is 0 Å². The highest BCUT2D eigenvalue weighted by molar-refractivity contribution is 5.68. The molecular formula is C12H12F2N2O5. The summed E-state index contributed by atoms with van der Waals surface area (Å²) >= 11 is 0. The fourth-order valence-electron chi connectivity index (χ4n) is 2.23. The number of hydrogen-bond donors (Lipinski definition) is 1. The van der Waals surface area contributed by atoms with E-state index in [1.165, 1.54) is 4.90 Å². The number of benzene rings is 1. The monoisotopic (exact) mass is 302 g/mol. The van der Waals surface area contributed by atoms with Crippen molar-refractivity contribution in [3.63, 3.8) is 0 Å². The van der Waals surface area contributed by atoms with Crippen LogP contribution in [0.2, 0.25) is 0 Å². The Morgan fingerprint density at radius 1 is 1.52 bits per heavy atom. The molecule has 1 aromatic carbocycles. The van der Waals surface area contributed by atoms with Gasteiger partial charge in [0.1, 0.15) is 11.5 Å². The van der Waals surface area contributed by atoms with E-state index in [-0.39, 0.29) is 31.8 Å². The molecule has 1 aromatic rings. The largest absolute Gasteiger partial charge is 0.481 e. The summed E-state index contributed by atoms with van der Waals surface area (Å²) in [6.07, 6.45) is -0.982. The van der Waals surface area contributed by atoms with Crippen LogP contribution < -0.4 is 4.90 Å². The molecule has 2 rings (SSSR count). The lowest BCUT2D eigenvalue weighted by Crippen LogP contribution is -2.43. The van der Waals surface area contributed by atoms with Gasteiger partial charge in [0, 0.05) is 25.2 Å². The third-order valence-electron chi connectivity index (χ3n) is 3.07. The molecule has 114 valence electrons. The molecule has 1 unspecified atom stereocenters. The van der Waals surface area contributed by atoms with Crippen molar-refractivity contribution >= 4 is 17.3 Å². The fraction of sp³-hybridized carbons (Fsp3) is 0.417. The highest BCUT2D eigenvalue weighted by Gasteiger charge is 2.30. The van der Waals surface area contributed by atoms with E-state index >= 15 is 0 Å². The molecule has 1 atom stereocenters. The van der Waals surface area contributed by atoms with Gasteiger partial charge in [0.05, 0.1) is 24.1 Å². The lowest BCUT2D eigenvalue weighted by Gasteiger charge is -2.33. The molecule has 0 saturated carbocycles. The zero-order valence-corrected chi connectivity index (χ0v) is 10.8. The Labute approximate surface area is 117 Å². The zero-order chi connectivity index (χ0) is 15.6. The van der Waals surface area contributed by atoms with Crippen LogP contribution in [0.1, 0.15) is 6.42 Å². The minimum atomic E-state index is -1.27. The first-order valence-electron chi connectivity index (χ1n) is 6.10. The molecule has 1 heterocycles. The van der Waals surface area contributed by atoms with E-state index < -0.39 is 34.3 Å². The predicted molar refractivity (Wildman–Crippen MR) is 67.2 cm³/mol. The number of nitrogens with zero attached hydrogens (tertiary/aromatic N) is 2. The fourth-order valence-corrected chi connectivity index (χ4v) is 2.23. The van der Waals surface area contributed by atoms with Gasteiger partial charge in [-0.05, 0) is 0 Å². The van der Waals surface area contributed by atoms with Gasteiger partial charge < -0.3 is 14.7 Å². The molecule has 0 radical (unpaired) electrons. The van der Waals surface area contributed by atoms with Crippen LogP contribution in [-0.2, 0) is 9.53 Å². The third-order valence-corrected chi connectivity index (χ3v) is 3.07. The average molecular weight is 302 g/mol. The Morgan fingerprint density at radius 3 is 2.86 bits per heavy atom. The van der Waals surface area contributed by atoms with Crippen molar-refractivity contribution in [1.29, 1.82) is 0 Å². The standard InChI is InChI=1S/C12H12F2N2O5/c13-7-3-9(14)12(16(19)20)10(4-7)15-1-2-21-8(6-15)5-11(17)18/h3-4,8H,1-2,5-6H2,(H,17,18). The molecule has 21 heavy (non-hydrogen) atoms.